The average Bonchev–Trinajstić information content (AvgIpc) is 2.81. The summed E-state index contributed by atoms with van der Waals surface area (Å²) in [6.45, 7) is 7.10. The Morgan fingerprint density at radius 3 is 2.35 bits per heavy atom. The number of nitrogens with zero attached hydrogens (tertiary/aromatic N) is 3. The Morgan fingerprint density at radius 1 is 1.04 bits per heavy atom. The molecule has 7 nitrogen and oxygen atoms in total. The molecule has 1 aromatic rings. The van der Waals surface area contributed by atoms with Gasteiger partial charge in [-0.05, 0) is 33.1 Å². The van der Waals surface area contributed by atoms with Crippen molar-refractivity contribution in [2.24, 2.45) is 5.41 Å². The van der Waals surface area contributed by atoms with Crippen LogP contribution < -0.4 is 0 Å². The van der Waals surface area contributed by atoms with Crippen LogP contribution in [0.15, 0.2) is 9.42 Å². The lowest BCUT2D eigenvalue weighted by molar-refractivity contribution is -0.142. The Labute approximate surface area is 155 Å². The number of aryl methyl sites for hydroxylation is 2. The van der Waals surface area contributed by atoms with Crippen molar-refractivity contribution >= 4 is 15.9 Å². The van der Waals surface area contributed by atoms with Crippen LogP contribution in [0, 0.1) is 19.3 Å². The summed E-state index contributed by atoms with van der Waals surface area (Å²) in [6, 6.07) is 0. The molecule has 1 saturated carbocycles. The lowest BCUT2D eigenvalue weighted by Gasteiger charge is -2.36. The van der Waals surface area contributed by atoms with Gasteiger partial charge in [0.2, 0.25) is 15.9 Å². The standard InChI is InChI=1S/C18H29N3O4S/c1-14-16(15(2)25-19-14)26(23,24)21-11-7-10-20(12-13-21)17(22)18(3)8-5-4-6-9-18/h4-13H2,1-3H3. The lowest BCUT2D eigenvalue weighted by atomic mass is 9.74. The van der Waals surface area contributed by atoms with E-state index in [1.807, 2.05) is 4.90 Å². The predicted molar refractivity (Wildman–Crippen MR) is 97.1 cm³/mol. The quantitative estimate of drug-likeness (QED) is 0.801. The van der Waals surface area contributed by atoms with E-state index in [1.165, 1.54) is 10.7 Å². The molecule has 3 rings (SSSR count). The molecule has 26 heavy (non-hydrogen) atoms. The molecule has 0 unspecified atom stereocenters. The third-order valence-corrected chi connectivity index (χ3v) is 7.93. The molecule has 0 N–H and O–H groups in total. The number of carbonyl (C=O) groups excluding carboxylic acids is 1. The zero-order valence-corrected chi connectivity index (χ0v) is 16.8. The Balaban J connectivity index is 1.73. The minimum atomic E-state index is -3.65. The highest BCUT2D eigenvalue weighted by atomic mass is 32.2. The van der Waals surface area contributed by atoms with E-state index < -0.39 is 10.0 Å². The number of sulfonamides is 1. The van der Waals surface area contributed by atoms with Gasteiger partial charge in [0.1, 0.15) is 10.6 Å². The van der Waals surface area contributed by atoms with Crippen LogP contribution in [0.3, 0.4) is 0 Å². The topological polar surface area (TPSA) is 83.7 Å². The molecular weight excluding hydrogens is 354 g/mol. The summed E-state index contributed by atoms with van der Waals surface area (Å²) in [5.74, 6) is 0.503. The minimum absolute atomic E-state index is 0.163. The molecule has 2 aliphatic rings. The summed E-state index contributed by atoms with van der Waals surface area (Å²) in [5, 5.41) is 3.77. The average molecular weight is 384 g/mol. The monoisotopic (exact) mass is 383 g/mol. The molecule has 1 amide bonds. The minimum Gasteiger partial charge on any atom is -0.360 e. The largest absolute Gasteiger partial charge is 0.360 e. The molecular formula is C18H29N3O4S. The van der Waals surface area contributed by atoms with Gasteiger partial charge in [-0.1, -0.05) is 31.3 Å². The van der Waals surface area contributed by atoms with Crippen LogP contribution in [0.4, 0.5) is 0 Å². The van der Waals surface area contributed by atoms with Gasteiger partial charge in [0, 0.05) is 31.6 Å². The van der Waals surface area contributed by atoms with E-state index >= 15 is 0 Å². The molecule has 1 aliphatic heterocycles. The number of aromatic nitrogens is 1. The second-order valence-corrected chi connectivity index (χ2v) is 9.70. The number of carbonyl (C=O) groups is 1. The van der Waals surface area contributed by atoms with E-state index in [2.05, 4.69) is 12.1 Å². The van der Waals surface area contributed by atoms with Crippen molar-refractivity contribution in [2.45, 2.75) is 64.2 Å². The Morgan fingerprint density at radius 2 is 1.73 bits per heavy atom. The lowest BCUT2D eigenvalue weighted by Crippen LogP contribution is -2.45. The molecule has 146 valence electrons. The molecule has 8 heteroatoms. The van der Waals surface area contributed by atoms with E-state index in [-0.39, 0.29) is 16.2 Å². The summed E-state index contributed by atoms with van der Waals surface area (Å²) in [7, 11) is -3.65. The van der Waals surface area contributed by atoms with E-state index in [0.717, 1.165) is 25.7 Å². The second-order valence-electron chi connectivity index (χ2n) is 7.82. The van der Waals surface area contributed by atoms with Gasteiger partial charge in [-0.2, -0.15) is 4.31 Å². The molecule has 1 aliphatic carbocycles. The third-order valence-electron chi connectivity index (χ3n) is 5.78. The molecule has 0 atom stereocenters. The first-order valence-corrected chi connectivity index (χ1v) is 10.9. The maximum atomic E-state index is 13.1. The van der Waals surface area contributed by atoms with Crippen molar-refractivity contribution in [3.8, 4) is 0 Å². The zero-order valence-electron chi connectivity index (χ0n) is 16.0. The van der Waals surface area contributed by atoms with Crippen LogP contribution >= 0.6 is 0 Å². The highest BCUT2D eigenvalue weighted by molar-refractivity contribution is 7.89. The highest BCUT2D eigenvalue weighted by Crippen LogP contribution is 2.37. The highest BCUT2D eigenvalue weighted by Gasteiger charge is 2.39. The van der Waals surface area contributed by atoms with Crippen LogP contribution in [0.2, 0.25) is 0 Å². The fourth-order valence-electron chi connectivity index (χ4n) is 4.24. The van der Waals surface area contributed by atoms with Crippen molar-refractivity contribution in [1.29, 1.82) is 0 Å². The first-order chi connectivity index (χ1) is 12.3. The van der Waals surface area contributed by atoms with Crippen molar-refractivity contribution in [2.75, 3.05) is 26.2 Å². The fraction of sp³-hybridized carbons (Fsp3) is 0.778. The smallest absolute Gasteiger partial charge is 0.248 e. The van der Waals surface area contributed by atoms with Crippen LogP contribution in [-0.4, -0.2) is 54.9 Å². The van der Waals surface area contributed by atoms with Gasteiger partial charge in [0.05, 0.1) is 0 Å². The van der Waals surface area contributed by atoms with Crippen molar-refractivity contribution in [3.05, 3.63) is 11.5 Å². The molecule has 1 aromatic heterocycles. The molecule has 0 bridgehead atoms. The number of hydrogen-bond acceptors (Lipinski definition) is 5. The van der Waals surface area contributed by atoms with Gasteiger partial charge >= 0.3 is 0 Å². The van der Waals surface area contributed by atoms with Gasteiger partial charge in [-0.15, -0.1) is 0 Å². The summed E-state index contributed by atoms with van der Waals surface area (Å²) < 4.78 is 32.5. The Kier molecular flexibility index (Phi) is 5.44. The maximum Gasteiger partial charge on any atom is 0.248 e. The number of rotatable bonds is 3. The summed E-state index contributed by atoms with van der Waals surface area (Å²) >= 11 is 0. The maximum absolute atomic E-state index is 13.1. The van der Waals surface area contributed by atoms with Crippen LogP contribution in [-0.2, 0) is 14.8 Å². The zero-order chi connectivity index (χ0) is 18.9. The molecule has 1 saturated heterocycles. The van der Waals surface area contributed by atoms with Gasteiger partial charge in [-0.25, -0.2) is 8.42 Å². The molecule has 0 spiro atoms. The van der Waals surface area contributed by atoms with Crippen molar-refractivity contribution in [3.63, 3.8) is 0 Å². The first kappa shape index (κ1) is 19.4. The van der Waals surface area contributed by atoms with Crippen LogP contribution in [0.25, 0.3) is 0 Å². The van der Waals surface area contributed by atoms with Gasteiger partial charge in [0.15, 0.2) is 5.76 Å². The first-order valence-electron chi connectivity index (χ1n) is 9.48. The van der Waals surface area contributed by atoms with Gasteiger partial charge in [0.25, 0.3) is 0 Å². The number of amides is 1. The van der Waals surface area contributed by atoms with E-state index in [1.54, 1.807) is 13.8 Å². The summed E-state index contributed by atoms with van der Waals surface area (Å²) in [4.78, 5) is 15.1. The molecule has 0 aromatic carbocycles. The summed E-state index contributed by atoms with van der Waals surface area (Å²) in [6.07, 6.45) is 5.91. The van der Waals surface area contributed by atoms with E-state index in [9.17, 15) is 13.2 Å². The Bertz CT molecular complexity index is 746. The van der Waals surface area contributed by atoms with Crippen LogP contribution in [0.5, 0.6) is 0 Å². The second kappa shape index (κ2) is 7.31. The third kappa shape index (κ3) is 3.53. The normalized spacial score (nSPS) is 22.2. The van der Waals surface area contributed by atoms with Crippen molar-refractivity contribution in [1.82, 2.24) is 14.4 Å². The molecule has 2 heterocycles. The Hall–Kier alpha value is -1.41. The van der Waals surface area contributed by atoms with Gasteiger partial charge in [-0.3, -0.25) is 4.79 Å². The SMILES string of the molecule is Cc1noc(C)c1S(=O)(=O)N1CCCN(C(=O)C2(C)CCCCC2)CC1. The fourth-order valence-corrected chi connectivity index (χ4v) is 6.00. The van der Waals surface area contributed by atoms with Gasteiger partial charge < -0.3 is 9.42 Å². The van der Waals surface area contributed by atoms with Crippen molar-refractivity contribution < 1.29 is 17.7 Å². The van der Waals surface area contributed by atoms with E-state index in [0.29, 0.717) is 44.1 Å². The van der Waals surface area contributed by atoms with E-state index in [4.69, 9.17) is 4.52 Å². The number of hydrogen-bond donors (Lipinski definition) is 0. The van der Waals surface area contributed by atoms with Crippen LogP contribution in [0.1, 0.15) is 56.9 Å². The molecule has 0 radical (unpaired) electrons. The molecule has 2 fully saturated rings. The summed E-state index contributed by atoms with van der Waals surface area (Å²) in [5.41, 5.74) is 0.0999. The predicted octanol–water partition coefficient (Wildman–Crippen LogP) is 2.48.